The van der Waals surface area contributed by atoms with Crippen LogP contribution in [-0.4, -0.2) is 42.9 Å². The summed E-state index contributed by atoms with van der Waals surface area (Å²) in [6.45, 7) is 2.52. The van der Waals surface area contributed by atoms with Crippen LogP contribution in [-0.2, 0) is 9.59 Å². The lowest BCUT2D eigenvalue weighted by molar-refractivity contribution is -0.131. The van der Waals surface area contributed by atoms with Gasteiger partial charge in [0.15, 0.2) is 0 Å². The number of nitrogens with two attached hydrogens (primary N) is 1. The van der Waals surface area contributed by atoms with Crippen molar-refractivity contribution in [3.8, 4) is 0 Å². The van der Waals surface area contributed by atoms with Crippen molar-refractivity contribution in [1.82, 2.24) is 10.2 Å². The molecule has 17 heavy (non-hydrogen) atoms. The van der Waals surface area contributed by atoms with E-state index in [1.54, 1.807) is 4.90 Å². The zero-order valence-electron chi connectivity index (χ0n) is 10.4. The SMILES string of the molecule is NCCCCCCC(=O)N1CCNC(=O)CC1. The molecule has 1 saturated heterocycles. The Bertz CT molecular complexity index is 256. The third kappa shape index (κ3) is 5.68. The minimum atomic E-state index is 0.0447. The van der Waals surface area contributed by atoms with Gasteiger partial charge in [0.2, 0.25) is 11.8 Å². The molecule has 3 N–H and O–H groups in total. The van der Waals surface area contributed by atoms with Gasteiger partial charge in [-0.15, -0.1) is 0 Å². The molecule has 1 aliphatic heterocycles. The molecule has 0 spiro atoms. The molecule has 1 heterocycles. The largest absolute Gasteiger partial charge is 0.354 e. The molecule has 1 rings (SSSR count). The van der Waals surface area contributed by atoms with Gasteiger partial charge < -0.3 is 16.0 Å². The van der Waals surface area contributed by atoms with E-state index >= 15 is 0 Å². The molecular formula is C12H23N3O2. The van der Waals surface area contributed by atoms with E-state index in [0.717, 1.165) is 32.2 Å². The van der Waals surface area contributed by atoms with Gasteiger partial charge in [0, 0.05) is 32.5 Å². The van der Waals surface area contributed by atoms with Crippen molar-refractivity contribution in [3.05, 3.63) is 0 Å². The summed E-state index contributed by atoms with van der Waals surface area (Å²) in [7, 11) is 0. The molecule has 5 heteroatoms. The zero-order valence-corrected chi connectivity index (χ0v) is 10.4. The molecule has 0 aromatic heterocycles. The minimum absolute atomic E-state index is 0.0447. The van der Waals surface area contributed by atoms with Crippen LogP contribution in [0.2, 0.25) is 0 Å². The first-order chi connectivity index (χ1) is 8.24. The van der Waals surface area contributed by atoms with Crippen LogP contribution < -0.4 is 11.1 Å². The van der Waals surface area contributed by atoms with Crippen LogP contribution in [0, 0.1) is 0 Å². The maximum absolute atomic E-state index is 11.9. The Morgan fingerprint density at radius 1 is 1.24 bits per heavy atom. The zero-order chi connectivity index (χ0) is 12.5. The van der Waals surface area contributed by atoms with Crippen LogP contribution in [0.15, 0.2) is 0 Å². The highest BCUT2D eigenvalue weighted by molar-refractivity contribution is 5.80. The summed E-state index contributed by atoms with van der Waals surface area (Å²) < 4.78 is 0. The predicted octanol–water partition coefficient (Wildman–Crippen LogP) is 0.244. The van der Waals surface area contributed by atoms with Gasteiger partial charge in [-0.1, -0.05) is 12.8 Å². The van der Waals surface area contributed by atoms with E-state index in [1.807, 2.05) is 0 Å². The Hall–Kier alpha value is -1.10. The number of unbranched alkanes of at least 4 members (excludes halogenated alkanes) is 3. The quantitative estimate of drug-likeness (QED) is 0.654. The van der Waals surface area contributed by atoms with Crippen molar-refractivity contribution in [2.75, 3.05) is 26.2 Å². The number of nitrogens with one attached hydrogen (secondary N) is 1. The van der Waals surface area contributed by atoms with Crippen LogP contribution in [0.3, 0.4) is 0 Å². The lowest BCUT2D eigenvalue weighted by Crippen LogP contribution is -2.34. The average Bonchev–Trinajstić information content (AvgIpc) is 2.53. The number of carbonyl (C=O) groups excluding carboxylic acids is 2. The summed E-state index contributed by atoms with van der Waals surface area (Å²) in [5.41, 5.74) is 5.40. The summed E-state index contributed by atoms with van der Waals surface area (Å²) in [6.07, 6.45) is 5.16. The number of carbonyl (C=O) groups is 2. The molecule has 0 atom stereocenters. The van der Waals surface area contributed by atoms with Gasteiger partial charge in [-0.25, -0.2) is 0 Å². The predicted molar refractivity (Wildman–Crippen MR) is 66.3 cm³/mol. The second kappa shape index (κ2) is 8.06. The highest BCUT2D eigenvalue weighted by Gasteiger charge is 2.17. The molecular weight excluding hydrogens is 218 g/mol. The number of rotatable bonds is 6. The first-order valence-corrected chi connectivity index (χ1v) is 6.48. The van der Waals surface area contributed by atoms with Crippen LogP contribution in [0.5, 0.6) is 0 Å². The van der Waals surface area contributed by atoms with E-state index < -0.39 is 0 Å². The van der Waals surface area contributed by atoms with E-state index in [2.05, 4.69) is 5.32 Å². The molecule has 2 amide bonds. The Kier molecular flexibility index (Phi) is 6.62. The monoisotopic (exact) mass is 241 g/mol. The van der Waals surface area contributed by atoms with Gasteiger partial charge in [-0.3, -0.25) is 9.59 Å². The number of hydrogen-bond donors (Lipinski definition) is 2. The molecule has 1 fully saturated rings. The summed E-state index contributed by atoms with van der Waals surface area (Å²) in [4.78, 5) is 24.8. The third-order valence-electron chi connectivity index (χ3n) is 3.01. The van der Waals surface area contributed by atoms with Crippen LogP contribution in [0.1, 0.15) is 38.5 Å². The first kappa shape index (κ1) is 14.0. The van der Waals surface area contributed by atoms with Crippen molar-refractivity contribution in [3.63, 3.8) is 0 Å². The Balaban J connectivity index is 2.15. The summed E-state index contributed by atoms with van der Waals surface area (Å²) in [6, 6.07) is 0. The molecule has 1 aliphatic rings. The second-order valence-corrected chi connectivity index (χ2v) is 4.43. The molecule has 98 valence electrons. The topological polar surface area (TPSA) is 75.4 Å². The maximum atomic E-state index is 11.9. The first-order valence-electron chi connectivity index (χ1n) is 6.48. The summed E-state index contributed by atoms with van der Waals surface area (Å²) in [5, 5.41) is 2.77. The van der Waals surface area contributed by atoms with Crippen LogP contribution in [0.4, 0.5) is 0 Å². The minimum Gasteiger partial charge on any atom is -0.354 e. The van der Waals surface area contributed by atoms with Gasteiger partial charge in [-0.05, 0) is 19.4 Å². The Labute approximate surface area is 103 Å². The van der Waals surface area contributed by atoms with Gasteiger partial charge in [-0.2, -0.15) is 0 Å². The summed E-state index contributed by atoms with van der Waals surface area (Å²) in [5.74, 6) is 0.220. The number of nitrogens with zero attached hydrogens (tertiary/aromatic N) is 1. The molecule has 0 bridgehead atoms. The number of amides is 2. The Morgan fingerprint density at radius 2 is 2.00 bits per heavy atom. The molecule has 0 saturated carbocycles. The molecule has 0 aromatic rings. The van der Waals surface area contributed by atoms with Crippen LogP contribution >= 0.6 is 0 Å². The van der Waals surface area contributed by atoms with E-state index in [1.165, 1.54) is 0 Å². The third-order valence-corrected chi connectivity index (χ3v) is 3.01. The number of hydrogen-bond acceptors (Lipinski definition) is 3. The smallest absolute Gasteiger partial charge is 0.222 e. The standard InChI is InChI=1S/C12H23N3O2/c13-7-4-2-1-3-5-12(17)15-9-6-11(16)14-8-10-15/h1-10,13H2,(H,14,16). The van der Waals surface area contributed by atoms with E-state index in [0.29, 0.717) is 32.5 Å². The second-order valence-electron chi connectivity index (χ2n) is 4.43. The molecule has 0 aliphatic carbocycles. The van der Waals surface area contributed by atoms with Crippen molar-refractivity contribution in [2.45, 2.75) is 38.5 Å². The van der Waals surface area contributed by atoms with E-state index in [-0.39, 0.29) is 11.8 Å². The average molecular weight is 241 g/mol. The van der Waals surface area contributed by atoms with Gasteiger partial charge in [0.1, 0.15) is 0 Å². The van der Waals surface area contributed by atoms with Gasteiger partial charge >= 0.3 is 0 Å². The highest BCUT2D eigenvalue weighted by Crippen LogP contribution is 2.06. The fourth-order valence-corrected chi connectivity index (χ4v) is 1.95. The molecule has 5 nitrogen and oxygen atoms in total. The summed E-state index contributed by atoms with van der Waals surface area (Å²) >= 11 is 0. The van der Waals surface area contributed by atoms with Crippen molar-refractivity contribution in [1.29, 1.82) is 0 Å². The van der Waals surface area contributed by atoms with Gasteiger partial charge in [0.25, 0.3) is 0 Å². The van der Waals surface area contributed by atoms with Crippen molar-refractivity contribution >= 4 is 11.8 Å². The lowest BCUT2D eigenvalue weighted by atomic mass is 10.1. The molecule has 0 radical (unpaired) electrons. The highest BCUT2D eigenvalue weighted by atomic mass is 16.2. The Morgan fingerprint density at radius 3 is 2.76 bits per heavy atom. The van der Waals surface area contributed by atoms with Crippen LogP contribution in [0.25, 0.3) is 0 Å². The van der Waals surface area contributed by atoms with Crippen molar-refractivity contribution in [2.24, 2.45) is 5.73 Å². The fraction of sp³-hybridized carbons (Fsp3) is 0.833. The van der Waals surface area contributed by atoms with Crippen molar-refractivity contribution < 1.29 is 9.59 Å². The lowest BCUT2D eigenvalue weighted by Gasteiger charge is -2.19. The molecule has 0 unspecified atom stereocenters. The maximum Gasteiger partial charge on any atom is 0.222 e. The fourth-order valence-electron chi connectivity index (χ4n) is 1.95. The molecule has 0 aromatic carbocycles. The van der Waals surface area contributed by atoms with E-state index in [9.17, 15) is 9.59 Å². The van der Waals surface area contributed by atoms with E-state index in [4.69, 9.17) is 5.73 Å². The normalized spacial score (nSPS) is 16.5. The van der Waals surface area contributed by atoms with Gasteiger partial charge in [0.05, 0.1) is 0 Å².